The van der Waals surface area contributed by atoms with Gasteiger partial charge in [0, 0.05) is 18.3 Å². The van der Waals surface area contributed by atoms with Crippen LogP contribution in [0.5, 0.6) is 5.75 Å². The van der Waals surface area contributed by atoms with Crippen molar-refractivity contribution >= 4 is 17.6 Å². The number of esters is 1. The molecule has 0 aliphatic carbocycles. The van der Waals surface area contributed by atoms with Gasteiger partial charge in [-0.25, -0.2) is 0 Å². The summed E-state index contributed by atoms with van der Waals surface area (Å²) in [4.78, 5) is 25.4. The number of amides is 1. The SMILES string of the molecule is COc1ccccc1CC(=O)OCC(=O)N(C)c1ccccc1. The van der Waals surface area contributed by atoms with Crippen LogP contribution in [-0.4, -0.2) is 32.6 Å². The van der Waals surface area contributed by atoms with E-state index in [1.54, 1.807) is 26.3 Å². The van der Waals surface area contributed by atoms with Gasteiger partial charge in [-0.05, 0) is 18.2 Å². The third-order valence-corrected chi connectivity index (χ3v) is 3.40. The molecule has 2 aromatic rings. The monoisotopic (exact) mass is 313 g/mol. The van der Waals surface area contributed by atoms with Gasteiger partial charge in [0.25, 0.3) is 5.91 Å². The van der Waals surface area contributed by atoms with E-state index in [0.29, 0.717) is 5.75 Å². The molecule has 2 rings (SSSR count). The predicted octanol–water partition coefficient (Wildman–Crippen LogP) is 2.44. The molecule has 0 aliphatic heterocycles. The molecule has 0 saturated carbocycles. The zero-order valence-electron chi connectivity index (χ0n) is 13.2. The number of rotatable bonds is 6. The van der Waals surface area contributed by atoms with Gasteiger partial charge >= 0.3 is 5.97 Å². The minimum atomic E-state index is -0.468. The van der Waals surface area contributed by atoms with E-state index in [9.17, 15) is 9.59 Å². The molecule has 0 bridgehead atoms. The molecule has 5 nitrogen and oxygen atoms in total. The van der Waals surface area contributed by atoms with Gasteiger partial charge in [0.2, 0.25) is 0 Å². The molecule has 0 N–H and O–H groups in total. The van der Waals surface area contributed by atoms with Crippen molar-refractivity contribution in [3.8, 4) is 5.75 Å². The molecule has 0 aliphatic rings. The molecule has 0 saturated heterocycles. The van der Waals surface area contributed by atoms with E-state index >= 15 is 0 Å². The summed E-state index contributed by atoms with van der Waals surface area (Å²) in [5.41, 5.74) is 1.47. The van der Waals surface area contributed by atoms with Gasteiger partial charge in [-0.3, -0.25) is 9.59 Å². The predicted molar refractivity (Wildman–Crippen MR) is 87.5 cm³/mol. The zero-order chi connectivity index (χ0) is 16.7. The highest BCUT2D eigenvalue weighted by molar-refractivity contribution is 5.94. The summed E-state index contributed by atoms with van der Waals surface area (Å²) in [7, 11) is 3.19. The fourth-order valence-electron chi connectivity index (χ4n) is 2.09. The van der Waals surface area contributed by atoms with E-state index in [0.717, 1.165) is 11.3 Å². The lowest BCUT2D eigenvalue weighted by atomic mass is 10.1. The molecule has 120 valence electrons. The number of nitrogens with zero attached hydrogens (tertiary/aromatic N) is 1. The Labute approximate surface area is 135 Å². The van der Waals surface area contributed by atoms with Crippen molar-refractivity contribution < 1.29 is 19.1 Å². The van der Waals surface area contributed by atoms with Crippen LogP contribution in [0.3, 0.4) is 0 Å². The Kier molecular flexibility index (Phi) is 5.74. The number of ether oxygens (including phenoxy) is 2. The van der Waals surface area contributed by atoms with Crippen molar-refractivity contribution in [1.82, 2.24) is 0 Å². The van der Waals surface area contributed by atoms with E-state index in [-0.39, 0.29) is 18.9 Å². The number of para-hydroxylation sites is 2. The number of carbonyl (C=O) groups is 2. The van der Waals surface area contributed by atoms with Gasteiger partial charge in [-0.1, -0.05) is 36.4 Å². The molecule has 0 heterocycles. The number of methoxy groups -OCH3 is 1. The minimum Gasteiger partial charge on any atom is -0.496 e. The molecule has 0 radical (unpaired) electrons. The molecule has 0 unspecified atom stereocenters. The maximum atomic E-state index is 12.0. The molecule has 0 atom stereocenters. The first-order valence-corrected chi connectivity index (χ1v) is 7.21. The van der Waals surface area contributed by atoms with Gasteiger partial charge in [-0.2, -0.15) is 0 Å². The molecule has 5 heteroatoms. The van der Waals surface area contributed by atoms with Gasteiger partial charge in [-0.15, -0.1) is 0 Å². The smallest absolute Gasteiger partial charge is 0.310 e. The fraction of sp³-hybridized carbons (Fsp3) is 0.222. The van der Waals surface area contributed by atoms with Crippen molar-refractivity contribution in [1.29, 1.82) is 0 Å². The maximum absolute atomic E-state index is 12.0. The zero-order valence-corrected chi connectivity index (χ0v) is 13.2. The van der Waals surface area contributed by atoms with Gasteiger partial charge in [0.05, 0.1) is 13.5 Å². The quantitative estimate of drug-likeness (QED) is 0.769. The van der Waals surface area contributed by atoms with Crippen LogP contribution in [0.15, 0.2) is 54.6 Å². The summed E-state index contributed by atoms with van der Waals surface area (Å²) >= 11 is 0. The Morgan fingerprint density at radius 2 is 1.65 bits per heavy atom. The van der Waals surface area contributed by atoms with Crippen LogP contribution in [0.25, 0.3) is 0 Å². The lowest BCUT2D eigenvalue weighted by molar-refractivity contribution is -0.147. The first-order valence-electron chi connectivity index (χ1n) is 7.21. The normalized spacial score (nSPS) is 10.0. The lowest BCUT2D eigenvalue weighted by Gasteiger charge is -2.17. The average molecular weight is 313 g/mol. The summed E-state index contributed by atoms with van der Waals surface area (Å²) < 4.78 is 10.2. The van der Waals surface area contributed by atoms with Crippen molar-refractivity contribution in [3.63, 3.8) is 0 Å². The van der Waals surface area contributed by atoms with Crippen LogP contribution >= 0.6 is 0 Å². The van der Waals surface area contributed by atoms with Gasteiger partial charge < -0.3 is 14.4 Å². The lowest BCUT2D eigenvalue weighted by Crippen LogP contribution is -2.31. The molecule has 0 spiro atoms. The highest BCUT2D eigenvalue weighted by atomic mass is 16.5. The Morgan fingerprint density at radius 3 is 2.35 bits per heavy atom. The first-order chi connectivity index (χ1) is 11.1. The summed E-state index contributed by atoms with van der Waals surface area (Å²) in [6.45, 7) is -0.292. The van der Waals surface area contributed by atoms with E-state index in [1.165, 1.54) is 4.90 Å². The Morgan fingerprint density at radius 1 is 1.00 bits per heavy atom. The topological polar surface area (TPSA) is 55.8 Å². The molecule has 0 aromatic heterocycles. The maximum Gasteiger partial charge on any atom is 0.310 e. The summed E-state index contributed by atoms with van der Waals surface area (Å²) in [6.07, 6.45) is 0.0618. The Bertz CT molecular complexity index is 670. The number of benzene rings is 2. The molecule has 2 aromatic carbocycles. The second-order valence-electron chi connectivity index (χ2n) is 4.94. The summed E-state index contributed by atoms with van der Waals surface area (Å²) in [6, 6.07) is 16.4. The summed E-state index contributed by atoms with van der Waals surface area (Å²) in [5, 5.41) is 0. The fourth-order valence-corrected chi connectivity index (χ4v) is 2.09. The van der Waals surface area contributed by atoms with Crippen molar-refractivity contribution in [2.45, 2.75) is 6.42 Å². The second kappa shape index (κ2) is 7.98. The van der Waals surface area contributed by atoms with Crippen molar-refractivity contribution in [3.05, 3.63) is 60.2 Å². The number of carbonyl (C=O) groups excluding carboxylic acids is 2. The van der Waals surface area contributed by atoms with E-state index < -0.39 is 5.97 Å². The van der Waals surface area contributed by atoms with E-state index in [2.05, 4.69) is 0 Å². The van der Waals surface area contributed by atoms with Crippen LogP contribution in [0, 0.1) is 0 Å². The standard InChI is InChI=1S/C18H19NO4/c1-19(15-9-4-3-5-10-15)17(20)13-23-18(21)12-14-8-6-7-11-16(14)22-2/h3-11H,12-13H2,1-2H3. The highest BCUT2D eigenvalue weighted by Gasteiger charge is 2.15. The van der Waals surface area contributed by atoms with Crippen molar-refractivity contribution in [2.75, 3.05) is 25.7 Å². The number of hydrogen-bond acceptors (Lipinski definition) is 4. The number of anilines is 1. The largest absolute Gasteiger partial charge is 0.496 e. The van der Waals surface area contributed by atoms with E-state index in [4.69, 9.17) is 9.47 Å². The van der Waals surface area contributed by atoms with Crippen LogP contribution in [-0.2, 0) is 20.7 Å². The minimum absolute atomic E-state index is 0.0618. The van der Waals surface area contributed by atoms with Crippen LogP contribution in [0.2, 0.25) is 0 Å². The number of hydrogen-bond donors (Lipinski definition) is 0. The highest BCUT2D eigenvalue weighted by Crippen LogP contribution is 2.18. The third-order valence-electron chi connectivity index (χ3n) is 3.40. The van der Waals surface area contributed by atoms with Gasteiger partial charge in [0.15, 0.2) is 6.61 Å². The molecule has 23 heavy (non-hydrogen) atoms. The average Bonchev–Trinajstić information content (AvgIpc) is 2.60. The van der Waals surface area contributed by atoms with Gasteiger partial charge in [0.1, 0.15) is 5.75 Å². The van der Waals surface area contributed by atoms with Crippen LogP contribution in [0.4, 0.5) is 5.69 Å². The molecule has 0 fully saturated rings. The summed E-state index contributed by atoms with van der Waals surface area (Å²) in [5.74, 6) is -0.133. The van der Waals surface area contributed by atoms with E-state index in [1.807, 2.05) is 42.5 Å². The molecular formula is C18H19NO4. The molecular weight excluding hydrogens is 294 g/mol. The number of likely N-dealkylation sites (N-methyl/N-ethyl adjacent to an activating group) is 1. The third kappa shape index (κ3) is 4.57. The van der Waals surface area contributed by atoms with Crippen molar-refractivity contribution in [2.24, 2.45) is 0 Å². The Hall–Kier alpha value is -2.82. The van der Waals surface area contributed by atoms with Crippen LogP contribution < -0.4 is 9.64 Å². The first kappa shape index (κ1) is 16.5. The van der Waals surface area contributed by atoms with Crippen LogP contribution in [0.1, 0.15) is 5.56 Å². The molecule has 1 amide bonds. The second-order valence-corrected chi connectivity index (χ2v) is 4.94. The Balaban J connectivity index is 1.88.